The lowest BCUT2D eigenvalue weighted by molar-refractivity contribution is -0.132. The minimum absolute atomic E-state index is 0.0513. The second-order valence-electron chi connectivity index (χ2n) is 8.74. The maximum absolute atomic E-state index is 13.9. The highest BCUT2D eigenvalue weighted by molar-refractivity contribution is 6.51. The largest absolute Gasteiger partial charge is 0.507 e. The van der Waals surface area contributed by atoms with Crippen molar-refractivity contribution in [3.63, 3.8) is 0 Å². The summed E-state index contributed by atoms with van der Waals surface area (Å²) >= 11 is 5.99. The van der Waals surface area contributed by atoms with E-state index in [1.54, 1.807) is 50.4 Å². The molecule has 7 heteroatoms. The molecular formula is C28H25ClFNO4. The van der Waals surface area contributed by atoms with E-state index >= 15 is 0 Å². The van der Waals surface area contributed by atoms with Crippen LogP contribution in [0.2, 0.25) is 5.02 Å². The molecule has 0 radical (unpaired) electrons. The Bertz CT molecular complexity index is 1350. The number of amides is 1. The normalized spacial score (nSPS) is 17.3. The van der Waals surface area contributed by atoms with E-state index in [9.17, 15) is 19.1 Å². The lowest BCUT2D eigenvalue weighted by Crippen LogP contribution is -2.29. The number of hydrogen-bond donors (Lipinski definition) is 1. The zero-order valence-electron chi connectivity index (χ0n) is 19.8. The van der Waals surface area contributed by atoms with Gasteiger partial charge in [0.2, 0.25) is 0 Å². The van der Waals surface area contributed by atoms with Crippen molar-refractivity contribution >= 4 is 34.7 Å². The fraction of sp³-hybridized carbons (Fsp3) is 0.214. The number of carbonyl (C=O) groups is 2. The number of aliphatic hydroxyl groups excluding tert-OH is 1. The van der Waals surface area contributed by atoms with Crippen molar-refractivity contribution in [3.8, 4) is 5.75 Å². The van der Waals surface area contributed by atoms with Crippen LogP contribution in [0.5, 0.6) is 5.75 Å². The van der Waals surface area contributed by atoms with Crippen LogP contribution in [0.25, 0.3) is 5.76 Å². The molecule has 1 fully saturated rings. The van der Waals surface area contributed by atoms with E-state index in [1.807, 2.05) is 19.9 Å². The van der Waals surface area contributed by atoms with Gasteiger partial charge in [0, 0.05) is 11.3 Å². The predicted octanol–water partition coefficient (Wildman–Crippen LogP) is 6.55. The van der Waals surface area contributed by atoms with Gasteiger partial charge in [0.05, 0.1) is 23.7 Å². The zero-order chi connectivity index (χ0) is 25.4. The molecule has 1 aliphatic heterocycles. The number of benzene rings is 3. The molecule has 0 spiro atoms. The molecule has 0 aromatic heterocycles. The molecule has 5 nitrogen and oxygen atoms in total. The highest BCUT2D eigenvalue weighted by Gasteiger charge is 2.47. The molecule has 0 saturated carbocycles. The van der Waals surface area contributed by atoms with Gasteiger partial charge in [-0.15, -0.1) is 0 Å². The Labute approximate surface area is 208 Å². The van der Waals surface area contributed by atoms with Crippen molar-refractivity contribution in [2.45, 2.75) is 32.7 Å². The fourth-order valence-electron chi connectivity index (χ4n) is 4.41. The molecule has 1 saturated heterocycles. The van der Waals surface area contributed by atoms with Gasteiger partial charge in [0.1, 0.15) is 17.3 Å². The van der Waals surface area contributed by atoms with Crippen molar-refractivity contribution in [3.05, 3.63) is 99.3 Å². The molecule has 1 amide bonds. The summed E-state index contributed by atoms with van der Waals surface area (Å²) in [4.78, 5) is 27.9. The number of Topliss-reactive ketones (excluding diaryl/α,β-unsaturated/α-hetero) is 1. The van der Waals surface area contributed by atoms with E-state index in [4.69, 9.17) is 16.3 Å². The number of ether oxygens (including phenoxy) is 1. The Morgan fingerprint density at radius 3 is 2.37 bits per heavy atom. The van der Waals surface area contributed by atoms with Crippen LogP contribution in [0.15, 0.2) is 66.2 Å². The summed E-state index contributed by atoms with van der Waals surface area (Å²) in [6.07, 6.45) is 0. The summed E-state index contributed by atoms with van der Waals surface area (Å²) in [7, 11) is 1.58. The molecular weight excluding hydrogens is 469 g/mol. The van der Waals surface area contributed by atoms with Gasteiger partial charge in [-0.05, 0) is 59.9 Å². The Hall–Kier alpha value is -3.64. The molecule has 35 heavy (non-hydrogen) atoms. The minimum Gasteiger partial charge on any atom is -0.507 e. The maximum atomic E-state index is 13.9. The smallest absolute Gasteiger partial charge is 0.300 e. The molecule has 3 aromatic rings. The number of ketones is 1. The van der Waals surface area contributed by atoms with Crippen LogP contribution in [0.3, 0.4) is 0 Å². The average Bonchev–Trinajstić information content (AvgIpc) is 3.11. The summed E-state index contributed by atoms with van der Waals surface area (Å²) < 4.78 is 19.4. The van der Waals surface area contributed by atoms with Crippen LogP contribution in [-0.2, 0) is 9.59 Å². The third kappa shape index (κ3) is 4.30. The van der Waals surface area contributed by atoms with Crippen molar-refractivity contribution < 1.29 is 23.8 Å². The number of nitrogens with zero attached hydrogens (tertiary/aromatic N) is 1. The molecule has 0 bridgehead atoms. The second-order valence-corrected chi connectivity index (χ2v) is 9.15. The summed E-state index contributed by atoms with van der Waals surface area (Å²) in [5, 5.41) is 11.3. The number of carbonyl (C=O) groups excluding carboxylic acids is 2. The predicted molar refractivity (Wildman–Crippen MR) is 134 cm³/mol. The molecule has 1 N–H and O–H groups in total. The van der Waals surface area contributed by atoms with Gasteiger partial charge in [-0.1, -0.05) is 55.8 Å². The average molecular weight is 494 g/mol. The number of halogens is 2. The number of rotatable bonds is 5. The molecule has 1 aliphatic rings. The fourth-order valence-corrected chi connectivity index (χ4v) is 4.59. The molecule has 4 rings (SSSR count). The van der Waals surface area contributed by atoms with Gasteiger partial charge in [0.25, 0.3) is 11.7 Å². The Morgan fingerprint density at radius 1 is 1.09 bits per heavy atom. The summed E-state index contributed by atoms with van der Waals surface area (Å²) in [5.74, 6) is -1.83. The summed E-state index contributed by atoms with van der Waals surface area (Å²) in [6.45, 7) is 5.80. The molecule has 1 heterocycles. The van der Waals surface area contributed by atoms with Crippen molar-refractivity contribution in [1.82, 2.24) is 0 Å². The molecule has 1 unspecified atom stereocenters. The van der Waals surface area contributed by atoms with Gasteiger partial charge < -0.3 is 9.84 Å². The Kier molecular flexibility index (Phi) is 6.68. The number of anilines is 1. The lowest BCUT2D eigenvalue weighted by atomic mass is 9.91. The summed E-state index contributed by atoms with van der Waals surface area (Å²) in [6, 6.07) is 15.4. The van der Waals surface area contributed by atoms with Crippen molar-refractivity contribution in [2.24, 2.45) is 0 Å². The molecule has 1 atom stereocenters. The quantitative estimate of drug-likeness (QED) is 0.249. The highest BCUT2D eigenvalue weighted by Crippen LogP contribution is 2.44. The number of methoxy groups -OCH3 is 1. The van der Waals surface area contributed by atoms with Gasteiger partial charge in [-0.3, -0.25) is 14.5 Å². The van der Waals surface area contributed by atoms with Crippen LogP contribution in [0, 0.1) is 12.7 Å². The van der Waals surface area contributed by atoms with E-state index in [2.05, 4.69) is 0 Å². The SMILES string of the molecule is COc1cc(C)c(/C(O)=C2\C(=O)C(=O)N(c3ccc(F)c(Cl)c3)C2c2ccccc2)cc1C(C)C. The van der Waals surface area contributed by atoms with Gasteiger partial charge >= 0.3 is 0 Å². The highest BCUT2D eigenvalue weighted by atomic mass is 35.5. The maximum Gasteiger partial charge on any atom is 0.300 e. The third-order valence-corrected chi connectivity index (χ3v) is 6.48. The topological polar surface area (TPSA) is 66.8 Å². The lowest BCUT2D eigenvalue weighted by Gasteiger charge is -2.26. The van der Waals surface area contributed by atoms with Crippen LogP contribution < -0.4 is 9.64 Å². The van der Waals surface area contributed by atoms with Gasteiger partial charge in [0.15, 0.2) is 0 Å². The molecule has 3 aromatic carbocycles. The standard InChI is InChI=1S/C28H25ClFNO4/c1-15(2)19-14-20(16(3)12-23(19)35-4)26(32)24-25(17-8-6-5-7-9-17)31(28(34)27(24)33)18-10-11-22(30)21(29)13-18/h5-15,25,32H,1-4H3/b26-24+. The van der Waals surface area contributed by atoms with E-state index in [0.717, 1.165) is 11.6 Å². The number of aliphatic hydroxyl groups is 1. The first kappa shape index (κ1) is 24.5. The van der Waals surface area contributed by atoms with E-state index < -0.39 is 23.5 Å². The van der Waals surface area contributed by atoms with Crippen molar-refractivity contribution in [2.75, 3.05) is 12.0 Å². The van der Waals surface area contributed by atoms with Gasteiger partial charge in [-0.25, -0.2) is 4.39 Å². The van der Waals surface area contributed by atoms with E-state index in [0.29, 0.717) is 22.4 Å². The number of aryl methyl sites for hydroxylation is 1. The minimum atomic E-state index is -0.929. The summed E-state index contributed by atoms with van der Waals surface area (Å²) in [5.41, 5.74) is 2.79. The van der Waals surface area contributed by atoms with E-state index in [1.165, 1.54) is 17.0 Å². The monoisotopic (exact) mass is 493 g/mol. The van der Waals surface area contributed by atoms with Crippen LogP contribution in [0.4, 0.5) is 10.1 Å². The van der Waals surface area contributed by atoms with Crippen LogP contribution in [-0.4, -0.2) is 23.9 Å². The zero-order valence-corrected chi connectivity index (χ0v) is 20.6. The third-order valence-electron chi connectivity index (χ3n) is 6.19. The molecule has 0 aliphatic carbocycles. The first-order valence-electron chi connectivity index (χ1n) is 11.2. The van der Waals surface area contributed by atoms with Crippen LogP contribution in [0.1, 0.15) is 48.1 Å². The Morgan fingerprint density at radius 2 is 1.77 bits per heavy atom. The first-order valence-corrected chi connectivity index (χ1v) is 11.5. The first-order chi connectivity index (χ1) is 16.6. The van der Waals surface area contributed by atoms with Crippen LogP contribution >= 0.6 is 11.6 Å². The Balaban J connectivity index is 1.98. The number of hydrogen-bond acceptors (Lipinski definition) is 4. The molecule has 180 valence electrons. The van der Waals surface area contributed by atoms with Crippen molar-refractivity contribution in [1.29, 1.82) is 0 Å². The second kappa shape index (κ2) is 9.55. The van der Waals surface area contributed by atoms with E-state index in [-0.39, 0.29) is 28.0 Å². The van der Waals surface area contributed by atoms with Gasteiger partial charge in [-0.2, -0.15) is 0 Å².